The van der Waals surface area contributed by atoms with E-state index in [1.54, 1.807) is 0 Å². The number of hydrogen-bond donors (Lipinski definition) is 1. The number of nitrogens with zero attached hydrogens (tertiary/aromatic N) is 1. The van der Waals surface area contributed by atoms with Gasteiger partial charge in [-0.3, -0.25) is 0 Å². The molecule has 1 aromatic carbocycles. The van der Waals surface area contributed by atoms with Gasteiger partial charge in [0.15, 0.2) is 0 Å². The molecule has 0 saturated carbocycles. The number of hydrogen-bond acceptors (Lipinski definition) is 2. The lowest BCUT2D eigenvalue weighted by molar-refractivity contribution is -0.132. The van der Waals surface area contributed by atoms with E-state index in [-0.39, 0.29) is 12.1 Å². The van der Waals surface area contributed by atoms with Gasteiger partial charge in [0.25, 0.3) is 0 Å². The smallest absolute Gasteiger partial charge is 0.333 e. The van der Waals surface area contributed by atoms with E-state index in [0.29, 0.717) is 12.0 Å². The molecule has 1 aliphatic rings. The molecule has 1 N–H and O–H groups in total. The van der Waals surface area contributed by atoms with Crippen molar-refractivity contribution in [3.05, 3.63) is 47.2 Å². The van der Waals surface area contributed by atoms with Crippen molar-refractivity contribution in [3.8, 4) is 0 Å². The Morgan fingerprint density at radius 1 is 1.39 bits per heavy atom. The lowest BCUT2D eigenvalue weighted by Crippen LogP contribution is -2.29. The third kappa shape index (κ3) is 2.13. The molecule has 2 rings (SSSR count). The van der Waals surface area contributed by atoms with Gasteiger partial charge in [0.2, 0.25) is 0 Å². The minimum absolute atomic E-state index is 0.207. The predicted octanol–water partition coefficient (Wildman–Crippen LogP) is 3.20. The molecule has 0 amide bonds. The molecule has 18 heavy (non-hydrogen) atoms. The molecule has 0 spiro atoms. The number of rotatable bonds is 3. The van der Waals surface area contributed by atoms with Crippen molar-refractivity contribution in [2.45, 2.75) is 39.3 Å². The number of allylic oxidation sites excluding steroid dienone is 1. The van der Waals surface area contributed by atoms with Crippen LogP contribution in [0.25, 0.3) is 0 Å². The Labute approximate surface area is 108 Å². The van der Waals surface area contributed by atoms with Crippen LogP contribution < -0.4 is 0 Å². The van der Waals surface area contributed by atoms with Crippen LogP contribution in [-0.2, 0) is 4.79 Å². The highest BCUT2D eigenvalue weighted by Crippen LogP contribution is 2.36. The fraction of sp³-hybridized carbons (Fsp3) is 0.400. The van der Waals surface area contributed by atoms with E-state index >= 15 is 0 Å². The summed E-state index contributed by atoms with van der Waals surface area (Å²) in [6.07, 6.45) is 0.623. The van der Waals surface area contributed by atoms with Crippen LogP contribution in [-0.4, -0.2) is 22.0 Å². The van der Waals surface area contributed by atoms with Crippen molar-refractivity contribution in [2.75, 3.05) is 0 Å². The first-order valence-electron chi connectivity index (χ1n) is 6.28. The van der Waals surface area contributed by atoms with Crippen LogP contribution >= 0.6 is 0 Å². The Morgan fingerprint density at radius 2 is 2.00 bits per heavy atom. The average Bonchev–Trinajstić information content (AvgIpc) is 2.65. The number of carboxylic acids is 1. The van der Waals surface area contributed by atoms with Crippen molar-refractivity contribution in [2.24, 2.45) is 0 Å². The zero-order chi connectivity index (χ0) is 13.3. The molecule has 1 aliphatic heterocycles. The average molecular weight is 245 g/mol. The van der Waals surface area contributed by atoms with Crippen molar-refractivity contribution in [1.82, 2.24) is 4.90 Å². The van der Waals surface area contributed by atoms with Crippen LogP contribution in [0.5, 0.6) is 0 Å². The van der Waals surface area contributed by atoms with E-state index in [1.807, 2.05) is 25.1 Å². The first-order valence-corrected chi connectivity index (χ1v) is 6.28. The molecule has 0 bridgehead atoms. The summed E-state index contributed by atoms with van der Waals surface area (Å²) in [5.74, 6) is -0.790. The first kappa shape index (κ1) is 12.7. The summed E-state index contributed by atoms with van der Waals surface area (Å²) < 4.78 is 0. The monoisotopic (exact) mass is 245 g/mol. The summed E-state index contributed by atoms with van der Waals surface area (Å²) in [7, 11) is 0. The number of aliphatic carboxylic acids is 1. The molecule has 3 heteroatoms. The topological polar surface area (TPSA) is 40.5 Å². The SMILES string of the molecule is CC1=C(C(=O)O)C[C@H](C)N1C(C)c1ccccc1. The maximum absolute atomic E-state index is 11.2. The van der Waals surface area contributed by atoms with Crippen LogP contribution in [0.3, 0.4) is 0 Å². The summed E-state index contributed by atoms with van der Waals surface area (Å²) in [6, 6.07) is 10.7. The lowest BCUT2D eigenvalue weighted by Gasteiger charge is -2.33. The van der Waals surface area contributed by atoms with Gasteiger partial charge >= 0.3 is 5.97 Å². The highest BCUT2D eigenvalue weighted by Gasteiger charge is 2.32. The largest absolute Gasteiger partial charge is 0.478 e. The van der Waals surface area contributed by atoms with E-state index in [0.717, 1.165) is 5.70 Å². The first-order chi connectivity index (χ1) is 8.52. The molecule has 1 heterocycles. The predicted molar refractivity (Wildman–Crippen MR) is 71.1 cm³/mol. The summed E-state index contributed by atoms with van der Waals surface area (Å²) in [4.78, 5) is 13.4. The summed E-state index contributed by atoms with van der Waals surface area (Å²) in [5.41, 5.74) is 2.66. The Hall–Kier alpha value is -1.77. The van der Waals surface area contributed by atoms with E-state index in [1.165, 1.54) is 5.56 Å². The van der Waals surface area contributed by atoms with Crippen LogP contribution in [0.2, 0.25) is 0 Å². The summed E-state index contributed by atoms with van der Waals surface area (Å²) in [5, 5.41) is 9.19. The van der Waals surface area contributed by atoms with Gasteiger partial charge in [-0.2, -0.15) is 0 Å². The second-order valence-corrected chi connectivity index (χ2v) is 4.92. The van der Waals surface area contributed by atoms with E-state index in [9.17, 15) is 9.90 Å². The van der Waals surface area contributed by atoms with E-state index < -0.39 is 5.97 Å². The minimum Gasteiger partial charge on any atom is -0.478 e. The standard InChI is InChI=1S/C15H19NO2/c1-10-9-14(15(17)18)12(3)16(10)11(2)13-7-5-4-6-8-13/h4-8,10-11H,9H2,1-3H3,(H,17,18)/t10-,11?/m0/s1. The van der Waals surface area contributed by atoms with Crippen LogP contribution in [0.4, 0.5) is 0 Å². The van der Waals surface area contributed by atoms with Crippen molar-refractivity contribution >= 4 is 5.97 Å². The van der Waals surface area contributed by atoms with Gasteiger partial charge < -0.3 is 10.0 Å². The highest BCUT2D eigenvalue weighted by atomic mass is 16.4. The minimum atomic E-state index is -0.790. The molecular weight excluding hydrogens is 226 g/mol. The second-order valence-electron chi connectivity index (χ2n) is 4.92. The number of benzene rings is 1. The highest BCUT2D eigenvalue weighted by molar-refractivity contribution is 5.88. The zero-order valence-electron chi connectivity index (χ0n) is 11.1. The molecule has 1 unspecified atom stereocenters. The van der Waals surface area contributed by atoms with Gasteiger partial charge in [-0.05, 0) is 26.3 Å². The van der Waals surface area contributed by atoms with E-state index in [2.05, 4.69) is 30.9 Å². The van der Waals surface area contributed by atoms with E-state index in [4.69, 9.17) is 0 Å². The molecule has 0 saturated heterocycles. The third-order valence-corrected chi connectivity index (χ3v) is 3.76. The summed E-state index contributed by atoms with van der Waals surface area (Å²) >= 11 is 0. The molecule has 2 atom stereocenters. The lowest BCUT2D eigenvalue weighted by atomic mass is 10.1. The Balaban J connectivity index is 2.31. The zero-order valence-corrected chi connectivity index (χ0v) is 11.1. The van der Waals surface area contributed by atoms with Gasteiger partial charge in [0.1, 0.15) is 0 Å². The molecule has 1 aromatic rings. The number of carboxylic acid groups (broad SMARTS) is 1. The van der Waals surface area contributed by atoms with Crippen molar-refractivity contribution in [1.29, 1.82) is 0 Å². The molecular formula is C15H19NO2. The molecule has 0 fully saturated rings. The Kier molecular flexibility index (Phi) is 3.41. The normalized spacial score (nSPS) is 21.3. The van der Waals surface area contributed by atoms with Gasteiger partial charge in [-0.25, -0.2) is 4.79 Å². The second kappa shape index (κ2) is 4.84. The molecule has 0 radical (unpaired) electrons. The number of carbonyl (C=O) groups is 1. The summed E-state index contributed by atoms with van der Waals surface area (Å²) in [6.45, 7) is 6.12. The van der Waals surface area contributed by atoms with Crippen molar-refractivity contribution < 1.29 is 9.90 Å². The van der Waals surface area contributed by atoms with Crippen LogP contribution in [0.15, 0.2) is 41.6 Å². The third-order valence-electron chi connectivity index (χ3n) is 3.76. The molecule has 96 valence electrons. The molecule has 3 nitrogen and oxygen atoms in total. The van der Waals surface area contributed by atoms with Gasteiger partial charge in [0, 0.05) is 18.2 Å². The van der Waals surface area contributed by atoms with Gasteiger partial charge in [-0.15, -0.1) is 0 Å². The molecule has 0 aliphatic carbocycles. The van der Waals surface area contributed by atoms with Crippen LogP contribution in [0, 0.1) is 0 Å². The maximum Gasteiger partial charge on any atom is 0.333 e. The van der Waals surface area contributed by atoms with Gasteiger partial charge in [0.05, 0.1) is 11.6 Å². The maximum atomic E-state index is 11.2. The van der Waals surface area contributed by atoms with Crippen LogP contribution in [0.1, 0.15) is 38.8 Å². The molecule has 0 aromatic heterocycles. The van der Waals surface area contributed by atoms with Crippen molar-refractivity contribution in [3.63, 3.8) is 0 Å². The Bertz CT molecular complexity index is 479. The fourth-order valence-electron chi connectivity index (χ4n) is 2.83. The van der Waals surface area contributed by atoms with Gasteiger partial charge in [-0.1, -0.05) is 30.3 Å². The quantitative estimate of drug-likeness (QED) is 0.889. The fourth-order valence-corrected chi connectivity index (χ4v) is 2.83. The Morgan fingerprint density at radius 3 is 2.50 bits per heavy atom.